The Morgan fingerprint density at radius 2 is 0.892 bits per heavy atom. The normalized spacial score (nSPS) is 19.2. The molecule has 3 atom stereocenters. The van der Waals surface area contributed by atoms with Crippen LogP contribution in [0.1, 0.15) is 61.8 Å². The van der Waals surface area contributed by atoms with Crippen molar-refractivity contribution in [2.24, 2.45) is 11.8 Å². The first-order chi connectivity index (χ1) is 32.0. The molecule has 4 aliphatic rings. The third kappa shape index (κ3) is 5.77. The lowest BCUT2D eigenvalue weighted by Crippen LogP contribution is -2.32. The van der Waals surface area contributed by atoms with E-state index in [0.29, 0.717) is 5.92 Å². The lowest BCUT2D eigenvalue weighted by Gasteiger charge is -2.37. The molecule has 1 heteroatoms. The summed E-state index contributed by atoms with van der Waals surface area (Å²) in [5.74, 6) is 1.51. The molecule has 2 bridgehead atoms. The summed E-state index contributed by atoms with van der Waals surface area (Å²) in [4.78, 5) is 2.56. The largest absolute Gasteiger partial charge is 0.310 e. The number of nitrogens with zero attached hydrogens (tertiary/aromatic N) is 1. The number of fused-ring (bicyclic) bond motifs is 11. The van der Waals surface area contributed by atoms with Crippen molar-refractivity contribution < 1.29 is 0 Å². The highest BCUT2D eigenvalue weighted by molar-refractivity contribution is 5.96. The van der Waals surface area contributed by atoms with Gasteiger partial charge < -0.3 is 4.90 Å². The number of para-hydroxylation sites is 1. The minimum absolute atomic E-state index is 0.0870. The van der Waals surface area contributed by atoms with E-state index >= 15 is 0 Å². The zero-order valence-electron chi connectivity index (χ0n) is 37.1. The number of hydrogen-bond acceptors (Lipinski definition) is 1. The smallest absolute Gasteiger partial charge is 0.0540 e. The van der Waals surface area contributed by atoms with Crippen LogP contribution in [-0.4, -0.2) is 0 Å². The third-order valence-corrected chi connectivity index (χ3v) is 16.0. The molecule has 0 heterocycles. The fourth-order valence-electron chi connectivity index (χ4n) is 13.2. The zero-order valence-corrected chi connectivity index (χ0v) is 37.1. The Morgan fingerprint density at radius 1 is 0.385 bits per heavy atom. The predicted octanol–water partition coefficient (Wildman–Crippen LogP) is 17.2. The summed E-state index contributed by atoms with van der Waals surface area (Å²) in [7, 11) is 0. The first kappa shape index (κ1) is 38.3. The van der Waals surface area contributed by atoms with E-state index in [4.69, 9.17) is 0 Å². The van der Waals surface area contributed by atoms with Gasteiger partial charge in [0.2, 0.25) is 0 Å². The summed E-state index contributed by atoms with van der Waals surface area (Å²) in [5, 5.41) is 0. The summed E-state index contributed by atoms with van der Waals surface area (Å²) in [6.07, 6.45) is 5.32. The minimum atomic E-state index is -0.144. The topological polar surface area (TPSA) is 3.24 Å². The minimum Gasteiger partial charge on any atom is -0.310 e. The fraction of sp³-hybridized carbons (Fsp3) is 0.156. The molecule has 0 aliphatic heterocycles. The maximum atomic E-state index is 2.60. The molecule has 2 fully saturated rings. The molecule has 0 N–H and O–H groups in total. The second-order valence-electron chi connectivity index (χ2n) is 19.6. The summed E-state index contributed by atoms with van der Waals surface area (Å²) >= 11 is 0. The van der Waals surface area contributed by atoms with Gasteiger partial charge in [-0.15, -0.1) is 0 Å². The maximum Gasteiger partial charge on any atom is 0.0540 e. The highest BCUT2D eigenvalue weighted by atomic mass is 15.1. The van der Waals surface area contributed by atoms with Crippen molar-refractivity contribution in [2.45, 2.75) is 50.4 Å². The van der Waals surface area contributed by atoms with Gasteiger partial charge in [-0.25, -0.2) is 0 Å². The third-order valence-electron chi connectivity index (χ3n) is 16.0. The standard InChI is InChI=1S/C64H51N/c1-63(2)58-24-11-8-20-53(58)56-22-14-23-57(62(56)63)55-21-10-13-26-61(55)65(49-37-38-54-52-19-9-12-25-59(52)64(60(54)40-49)41-42-27-34-47(64)39-42)48-35-32-44(33-36-48)43-28-30-46(31-29-43)51-18-7-6-17-50(51)45-15-4-3-5-16-45/h3-26,28-33,35-38,40,42,47H,27,34,39,41H2,1-2H3. The van der Waals surface area contributed by atoms with Gasteiger partial charge in [0, 0.05) is 27.8 Å². The quantitative estimate of drug-likeness (QED) is 0.155. The van der Waals surface area contributed by atoms with Crippen molar-refractivity contribution >= 4 is 17.1 Å². The maximum absolute atomic E-state index is 2.60. The molecule has 65 heavy (non-hydrogen) atoms. The Labute approximate surface area is 383 Å². The van der Waals surface area contributed by atoms with Gasteiger partial charge in [0.15, 0.2) is 0 Å². The van der Waals surface area contributed by atoms with Crippen LogP contribution in [0.2, 0.25) is 0 Å². The Bertz CT molecular complexity index is 3300. The molecule has 2 saturated carbocycles. The Kier molecular flexibility index (Phi) is 8.63. The molecule has 4 aliphatic carbocycles. The van der Waals surface area contributed by atoms with Crippen LogP contribution in [0.25, 0.3) is 66.8 Å². The lowest BCUT2D eigenvalue weighted by atomic mass is 9.67. The Morgan fingerprint density at radius 3 is 1.57 bits per heavy atom. The highest BCUT2D eigenvalue weighted by Gasteiger charge is 2.56. The van der Waals surface area contributed by atoms with Crippen molar-refractivity contribution in [3.05, 3.63) is 235 Å². The molecular weight excluding hydrogens is 783 g/mol. The van der Waals surface area contributed by atoms with Gasteiger partial charge in [-0.1, -0.05) is 202 Å². The molecule has 1 nitrogen and oxygen atoms in total. The van der Waals surface area contributed by atoms with Crippen LogP contribution in [0, 0.1) is 11.8 Å². The van der Waals surface area contributed by atoms with Gasteiger partial charge in [0.1, 0.15) is 0 Å². The monoisotopic (exact) mass is 833 g/mol. The van der Waals surface area contributed by atoms with Gasteiger partial charge in [0.05, 0.1) is 5.69 Å². The number of hydrogen-bond donors (Lipinski definition) is 0. The molecule has 312 valence electrons. The van der Waals surface area contributed by atoms with E-state index in [2.05, 4.69) is 231 Å². The molecule has 0 aromatic heterocycles. The van der Waals surface area contributed by atoms with Gasteiger partial charge in [-0.05, 0) is 145 Å². The van der Waals surface area contributed by atoms with E-state index < -0.39 is 0 Å². The van der Waals surface area contributed by atoms with Crippen LogP contribution in [0.3, 0.4) is 0 Å². The highest BCUT2D eigenvalue weighted by Crippen LogP contribution is 2.66. The Balaban J connectivity index is 0.946. The SMILES string of the molecule is CC1(C)c2ccccc2-c2cccc(-c3ccccc3N(c3ccc(-c4ccc(-c5ccccc5-c5ccccc5)cc4)cc3)c3ccc4c(c3)C3(CC5CCC3C5)c3ccccc3-4)c21. The van der Waals surface area contributed by atoms with Crippen LogP contribution in [0.5, 0.6) is 0 Å². The van der Waals surface area contributed by atoms with Crippen LogP contribution in [-0.2, 0) is 10.8 Å². The van der Waals surface area contributed by atoms with Crippen molar-refractivity contribution in [1.82, 2.24) is 0 Å². The van der Waals surface area contributed by atoms with Crippen LogP contribution in [0.15, 0.2) is 212 Å². The molecule has 9 aromatic carbocycles. The number of rotatable bonds is 7. The van der Waals surface area contributed by atoms with Crippen molar-refractivity contribution in [3.8, 4) is 66.8 Å². The number of benzene rings is 9. The van der Waals surface area contributed by atoms with Crippen molar-refractivity contribution in [2.75, 3.05) is 4.90 Å². The van der Waals surface area contributed by atoms with E-state index in [1.54, 1.807) is 5.56 Å². The first-order valence-corrected chi connectivity index (χ1v) is 23.7. The molecule has 1 spiro atoms. The van der Waals surface area contributed by atoms with Gasteiger partial charge >= 0.3 is 0 Å². The molecule has 9 aromatic rings. The van der Waals surface area contributed by atoms with Crippen molar-refractivity contribution in [1.29, 1.82) is 0 Å². The fourth-order valence-corrected chi connectivity index (χ4v) is 13.2. The molecule has 0 radical (unpaired) electrons. The van der Waals surface area contributed by atoms with E-state index in [9.17, 15) is 0 Å². The zero-order chi connectivity index (χ0) is 43.3. The second-order valence-corrected chi connectivity index (χ2v) is 19.6. The molecule has 3 unspecified atom stereocenters. The average Bonchev–Trinajstić information content (AvgIpc) is 4.12. The lowest BCUT2D eigenvalue weighted by molar-refractivity contribution is 0.327. The van der Waals surface area contributed by atoms with Crippen molar-refractivity contribution in [3.63, 3.8) is 0 Å². The van der Waals surface area contributed by atoms with E-state index in [1.807, 2.05) is 0 Å². The first-order valence-electron chi connectivity index (χ1n) is 23.7. The Hall–Kier alpha value is -7.22. The average molecular weight is 834 g/mol. The summed E-state index contributed by atoms with van der Waals surface area (Å²) < 4.78 is 0. The second kappa shape index (κ2) is 14.7. The molecule has 0 amide bonds. The van der Waals surface area contributed by atoms with E-state index in [0.717, 1.165) is 11.6 Å². The van der Waals surface area contributed by atoms with Crippen LogP contribution >= 0.6 is 0 Å². The van der Waals surface area contributed by atoms with Crippen LogP contribution in [0.4, 0.5) is 17.1 Å². The summed E-state index contributed by atoms with van der Waals surface area (Å²) in [5.41, 5.74) is 24.9. The summed E-state index contributed by atoms with van der Waals surface area (Å²) in [6.45, 7) is 4.81. The molecule has 13 rings (SSSR count). The van der Waals surface area contributed by atoms with Crippen LogP contribution < -0.4 is 4.90 Å². The number of anilines is 3. The van der Waals surface area contributed by atoms with Gasteiger partial charge in [-0.3, -0.25) is 0 Å². The van der Waals surface area contributed by atoms with Gasteiger partial charge in [-0.2, -0.15) is 0 Å². The van der Waals surface area contributed by atoms with E-state index in [-0.39, 0.29) is 10.8 Å². The molecule has 0 saturated heterocycles. The predicted molar refractivity (Wildman–Crippen MR) is 272 cm³/mol. The molecular formula is C64H51N. The van der Waals surface area contributed by atoms with Gasteiger partial charge in [0.25, 0.3) is 0 Å². The summed E-state index contributed by atoms with van der Waals surface area (Å²) in [6, 6.07) is 79.8. The van der Waals surface area contributed by atoms with E-state index in [1.165, 1.54) is 121 Å².